The van der Waals surface area contributed by atoms with Gasteiger partial charge in [-0.2, -0.15) is 10.2 Å². The van der Waals surface area contributed by atoms with Gasteiger partial charge in [0.05, 0.1) is 11.9 Å². The molecule has 1 heterocycles. The highest BCUT2D eigenvalue weighted by Crippen LogP contribution is 2.31. The highest BCUT2D eigenvalue weighted by Gasteiger charge is 2.22. The number of H-pyrrole nitrogens is 1. The number of amides is 1. The Hall–Kier alpha value is -4.52. The molecule has 0 saturated heterocycles. The summed E-state index contributed by atoms with van der Waals surface area (Å²) in [5.41, 5.74) is 4.38. The minimum absolute atomic E-state index is 0.0265. The molecule has 0 unspecified atom stereocenters. The Morgan fingerprint density at radius 2 is 1.52 bits per heavy atom. The lowest BCUT2D eigenvalue weighted by atomic mass is 9.95. The molecule has 1 aromatic heterocycles. The summed E-state index contributed by atoms with van der Waals surface area (Å²) in [5.74, 6) is -0.662. The molecule has 0 bridgehead atoms. The van der Waals surface area contributed by atoms with Gasteiger partial charge in [0.15, 0.2) is 0 Å². The number of carbonyl (C=O) groups is 1. The molecule has 4 rings (SSSR count). The van der Waals surface area contributed by atoms with E-state index in [-0.39, 0.29) is 11.3 Å². The first kappa shape index (κ1) is 19.8. The van der Waals surface area contributed by atoms with Gasteiger partial charge < -0.3 is 5.11 Å². The molecule has 0 radical (unpaired) electrons. The summed E-state index contributed by atoms with van der Waals surface area (Å²) in [6.45, 7) is 0. The highest BCUT2D eigenvalue weighted by molar-refractivity contribution is 6.03. The molecule has 7 nitrogen and oxygen atoms in total. The number of carbonyl (C=O) groups excluding carboxylic acids is 1. The lowest BCUT2D eigenvalue weighted by molar-refractivity contribution is 0.0954. The third-order valence-corrected chi connectivity index (χ3v) is 4.63. The molecular formula is C24H18N4O3. The van der Waals surface area contributed by atoms with Crippen LogP contribution in [0, 0.1) is 0 Å². The van der Waals surface area contributed by atoms with Crippen molar-refractivity contribution in [1.82, 2.24) is 15.6 Å². The topological polar surface area (TPSA) is 107 Å². The van der Waals surface area contributed by atoms with Gasteiger partial charge in [0.2, 0.25) is 0 Å². The number of para-hydroxylation sites is 1. The van der Waals surface area contributed by atoms with Crippen LogP contribution in [0.15, 0.2) is 94.8 Å². The maximum absolute atomic E-state index is 13.0. The first-order valence-electron chi connectivity index (χ1n) is 9.50. The van der Waals surface area contributed by atoms with Gasteiger partial charge in [-0.15, -0.1) is 0 Å². The number of rotatable bonds is 5. The Morgan fingerprint density at radius 3 is 2.19 bits per heavy atom. The Bertz CT molecular complexity index is 1300. The van der Waals surface area contributed by atoms with E-state index in [1.165, 1.54) is 12.3 Å². The zero-order valence-corrected chi connectivity index (χ0v) is 16.3. The van der Waals surface area contributed by atoms with Gasteiger partial charge in [0.25, 0.3) is 11.5 Å². The van der Waals surface area contributed by atoms with Gasteiger partial charge in [-0.05, 0) is 17.7 Å². The number of nitrogens with zero attached hydrogens (tertiary/aromatic N) is 2. The molecule has 3 N–H and O–H groups in total. The molecule has 0 saturated carbocycles. The van der Waals surface area contributed by atoms with E-state index in [0.717, 1.165) is 5.56 Å². The zero-order valence-electron chi connectivity index (χ0n) is 16.3. The summed E-state index contributed by atoms with van der Waals surface area (Å²) in [4.78, 5) is 25.6. The second kappa shape index (κ2) is 8.87. The Labute approximate surface area is 177 Å². The fourth-order valence-corrected chi connectivity index (χ4v) is 3.17. The first-order chi connectivity index (χ1) is 15.1. The third-order valence-electron chi connectivity index (χ3n) is 4.63. The number of phenolic OH excluding ortho intramolecular Hbond substituents is 1. The average Bonchev–Trinajstić information content (AvgIpc) is 2.81. The van der Waals surface area contributed by atoms with Crippen LogP contribution >= 0.6 is 0 Å². The fourth-order valence-electron chi connectivity index (χ4n) is 3.17. The molecule has 0 aliphatic heterocycles. The fraction of sp³-hybridized carbons (Fsp3) is 0. The van der Waals surface area contributed by atoms with Crippen LogP contribution in [-0.4, -0.2) is 27.4 Å². The van der Waals surface area contributed by atoms with Crippen LogP contribution in [0.1, 0.15) is 15.9 Å². The lowest BCUT2D eigenvalue weighted by Gasteiger charge is -2.12. The summed E-state index contributed by atoms with van der Waals surface area (Å²) in [6.07, 6.45) is 1.31. The second-order valence-corrected chi connectivity index (χ2v) is 6.64. The third kappa shape index (κ3) is 4.25. The predicted octanol–water partition coefficient (Wildman–Crippen LogP) is 3.57. The molecular weight excluding hydrogens is 392 g/mol. The largest absolute Gasteiger partial charge is 0.507 e. The lowest BCUT2D eigenvalue weighted by Crippen LogP contribution is -2.28. The van der Waals surface area contributed by atoms with E-state index < -0.39 is 11.5 Å². The van der Waals surface area contributed by atoms with Crippen LogP contribution in [0.25, 0.3) is 22.4 Å². The number of hydrazone groups is 1. The summed E-state index contributed by atoms with van der Waals surface area (Å²) in [7, 11) is 0. The molecule has 3 aromatic carbocycles. The van der Waals surface area contributed by atoms with Gasteiger partial charge in [-0.1, -0.05) is 72.8 Å². The van der Waals surface area contributed by atoms with Crippen molar-refractivity contribution in [3.05, 3.63) is 106 Å². The van der Waals surface area contributed by atoms with E-state index in [9.17, 15) is 14.7 Å². The molecule has 7 heteroatoms. The Morgan fingerprint density at radius 1 is 0.903 bits per heavy atom. The molecule has 4 aromatic rings. The van der Waals surface area contributed by atoms with Crippen molar-refractivity contribution >= 4 is 12.1 Å². The number of hydrogen-bond donors (Lipinski definition) is 3. The van der Waals surface area contributed by atoms with Crippen molar-refractivity contribution in [2.75, 3.05) is 0 Å². The monoisotopic (exact) mass is 410 g/mol. The number of benzene rings is 3. The van der Waals surface area contributed by atoms with Gasteiger partial charge in [-0.3, -0.25) is 9.59 Å². The first-order valence-corrected chi connectivity index (χ1v) is 9.50. The molecule has 0 fully saturated rings. The van der Waals surface area contributed by atoms with Gasteiger partial charge >= 0.3 is 0 Å². The number of aromatic hydroxyl groups is 1. The van der Waals surface area contributed by atoms with Gasteiger partial charge in [0, 0.05) is 16.7 Å². The molecule has 0 spiro atoms. The SMILES string of the molecule is O=C(N/N=C/c1ccccc1O)c1c(-c2ccccc2)c(-c2ccccc2)n[nH]c1=O. The smallest absolute Gasteiger partial charge is 0.277 e. The van der Waals surface area contributed by atoms with Crippen LogP contribution in [-0.2, 0) is 0 Å². The van der Waals surface area contributed by atoms with Crippen molar-refractivity contribution in [1.29, 1.82) is 0 Å². The van der Waals surface area contributed by atoms with E-state index in [0.29, 0.717) is 22.4 Å². The number of phenols is 1. The van der Waals surface area contributed by atoms with Crippen LogP contribution in [0.5, 0.6) is 5.75 Å². The Balaban J connectivity index is 1.79. The van der Waals surface area contributed by atoms with Gasteiger partial charge in [0.1, 0.15) is 11.3 Å². The molecule has 152 valence electrons. The normalized spacial score (nSPS) is 10.8. The molecule has 1 amide bonds. The maximum atomic E-state index is 13.0. The summed E-state index contributed by atoms with van der Waals surface area (Å²) >= 11 is 0. The molecule has 0 atom stereocenters. The summed E-state index contributed by atoms with van der Waals surface area (Å²) in [5, 5.41) is 20.4. The van der Waals surface area contributed by atoms with Crippen LogP contribution in [0.3, 0.4) is 0 Å². The van der Waals surface area contributed by atoms with Crippen molar-refractivity contribution < 1.29 is 9.90 Å². The summed E-state index contributed by atoms with van der Waals surface area (Å²) in [6, 6.07) is 25.0. The zero-order chi connectivity index (χ0) is 21.6. The highest BCUT2D eigenvalue weighted by atomic mass is 16.3. The maximum Gasteiger partial charge on any atom is 0.277 e. The number of hydrogen-bond acceptors (Lipinski definition) is 5. The Kier molecular flexibility index (Phi) is 5.66. The minimum Gasteiger partial charge on any atom is -0.507 e. The average molecular weight is 410 g/mol. The standard InChI is InChI=1S/C24H18N4O3/c29-19-14-8-7-13-18(19)15-25-27-23(30)21-20(16-9-3-1-4-10-16)22(26-28-24(21)31)17-11-5-2-6-12-17/h1-15,29H,(H,27,30)(H,28,31)/b25-15+. The number of aromatic amines is 1. The quantitative estimate of drug-likeness (QED) is 0.345. The van der Waals surface area contributed by atoms with Crippen molar-refractivity contribution in [3.8, 4) is 28.1 Å². The van der Waals surface area contributed by atoms with E-state index in [2.05, 4.69) is 20.7 Å². The summed E-state index contributed by atoms with van der Waals surface area (Å²) < 4.78 is 0. The van der Waals surface area contributed by atoms with Crippen molar-refractivity contribution in [2.24, 2.45) is 5.10 Å². The van der Waals surface area contributed by atoms with Crippen LogP contribution in [0.2, 0.25) is 0 Å². The molecule has 31 heavy (non-hydrogen) atoms. The number of nitrogens with one attached hydrogen (secondary N) is 2. The van der Waals surface area contributed by atoms with Crippen molar-refractivity contribution in [2.45, 2.75) is 0 Å². The van der Waals surface area contributed by atoms with Crippen molar-refractivity contribution in [3.63, 3.8) is 0 Å². The van der Waals surface area contributed by atoms with Crippen LogP contribution in [0.4, 0.5) is 0 Å². The van der Waals surface area contributed by atoms with E-state index in [1.54, 1.807) is 18.2 Å². The van der Waals surface area contributed by atoms with E-state index >= 15 is 0 Å². The van der Waals surface area contributed by atoms with E-state index in [1.807, 2.05) is 60.7 Å². The molecule has 0 aliphatic rings. The number of aromatic nitrogens is 2. The molecule has 0 aliphatic carbocycles. The van der Waals surface area contributed by atoms with Crippen LogP contribution < -0.4 is 11.0 Å². The second-order valence-electron chi connectivity index (χ2n) is 6.64. The predicted molar refractivity (Wildman–Crippen MR) is 119 cm³/mol. The van der Waals surface area contributed by atoms with Gasteiger partial charge in [-0.25, -0.2) is 10.5 Å². The minimum atomic E-state index is -0.689. The van der Waals surface area contributed by atoms with E-state index in [4.69, 9.17) is 0 Å².